The number of aromatic amines is 1. The van der Waals surface area contributed by atoms with Crippen LogP contribution in [0.3, 0.4) is 0 Å². The van der Waals surface area contributed by atoms with Crippen LogP contribution in [-0.2, 0) is 31.3 Å². The van der Waals surface area contributed by atoms with E-state index in [1.165, 1.54) is 0 Å². The van der Waals surface area contributed by atoms with Gasteiger partial charge in [0.1, 0.15) is 27.6 Å². The fourth-order valence-corrected chi connectivity index (χ4v) is 6.91. The number of carbonyl (C=O) groups excluding carboxylic acids is 1. The molecule has 9 nitrogen and oxygen atoms in total. The Labute approximate surface area is 211 Å². The number of hydrogen-bond donors (Lipinski definition) is 3. The molecule has 3 N–H and O–H groups in total. The first kappa shape index (κ1) is 25.0. The highest BCUT2D eigenvalue weighted by molar-refractivity contribution is 7.90. The second-order valence-corrected chi connectivity index (χ2v) is 12.1. The number of fused-ring (bicyclic) bond motifs is 1. The number of halogens is 2. The fraction of sp³-hybridized carbons (Fsp3) is 0.167. The molecule has 0 saturated carbocycles. The molecule has 0 aliphatic carbocycles. The van der Waals surface area contributed by atoms with Crippen LogP contribution in [0.4, 0.5) is 8.78 Å². The van der Waals surface area contributed by atoms with Crippen LogP contribution < -0.4 is 9.44 Å². The number of imidazole rings is 1. The van der Waals surface area contributed by atoms with E-state index in [0.717, 1.165) is 12.1 Å². The Kier molecular flexibility index (Phi) is 6.30. The third-order valence-electron chi connectivity index (χ3n) is 6.01. The van der Waals surface area contributed by atoms with Gasteiger partial charge in [0.2, 0.25) is 26.0 Å². The fourth-order valence-electron chi connectivity index (χ4n) is 4.23. The van der Waals surface area contributed by atoms with E-state index in [0.29, 0.717) is 28.2 Å². The number of sulfonamides is 2. The smallest absolute Gasteiger partial charge is 0.244 e. The first-order valence-corrected chi connectivity index (χ1v) is 14.1. The molecule has 1 aliphatic heterocycles. The summed E-state index contributed by atoms with van der Waals surface area (Å²) in [5.41, 5.74) is 2.28. The van der Waals surface area contributed by atoms with Crippen LogP contribution in [0.2, 0.25) is 0 Å². The zero-order valence-electron chi connectivity index (χ0n) is 19.0. The molecule has 13 heteroatoms. The quantitative estimate of drug-likeness (QED) is 0.326. The van der Waals surface area contributed by atoms with Gasteiger partial charge in [-0.05, 0) is 41.8 Å². The molecule has 1 amide bonds. The van der Waals surface area contributed by atoms with Crippen LogP contribution in [-0.4, -0.2) is 32.7 Å². The number of carbonyl (C=O) groups is 1. The molecule has 1 fully saturated rings. The monoisotopic (exact) mass is 546 g/mol. The van der Waals surface area contributed by atoms with E-state index < -0.39 is 53.8 Å². The lowest BCUT2D eigenvalue weighted by Crippen LogP contribution is -2.31. The molecule has 3 aromatic carbocycles. The van der Waals surface area contributed by atoms with Crippen molar-refractivity contribution in [2.45, 2.75) is 29.0 Å². The van der Waals surface area contributed by atoms with Crippen molar-refractivity contribution in [2.24, 2.45) is 0 Å². The van der Waals surface area contributed by atoms with Gasteiger partial charge in [-0.25, -0.2) is 35.3 Å². The Morgan fingerprint density at radius 2 is 1.78 bits per heavy atom. The van der Waals surface area contributed by atoms with Crippen molar-refractivity contribution in [3.8, 4) is 0 Å². The first-order valence-electron chi connectivity index (χ1n) is 11.1. The Hall–Kier alpha value is -3.68. The summed E-state index contributed by atoms with van der Waals surface area (Å²) in [5, 5.41) is -1.01. The Balaban J connectivity index is 1.47. The molecular formula is C24H20F2N4O5S2. The molecule has 0 spiro atoms. The molecule has 1 aromatic heterocycles. The highest BCUT2D eigenvalue weighted by Crippen LogP contribution is 2.31. The molecule has 192 valence electrons. The Bertz CT molecular complexity index is 1690. The van der Waals surface area contributed by atoms with Crippen molar-refractivity contribution in [2.75, 3.05) is 0 Å². The van der Waals surface area contributed by atoms with Gasteiger partial charge in [-0.3, -0.25) is 9.52 Å². The minimum absolute atomic E-state index is 0.0662. The summed E-state index contributed by atoms with van der Waals surface area (Å²) in [6, 6.07) is 14.6. The summed E-state index contributed by atoms with van der Waals surface area (Å²) in [6.45, 7) is 0. The number of hydrogen-bond acceptors (Lipinski definition) is 6. The van der Waals surface area contributed by atoms with Gasteiger partial charge in [-0.15, -0.1) is 0 Å². The number of nitrogens with one attached hydrogen (secondary N) is 3. The summed E-state index contributed by atoms with van der Waals surface area (Å²) in [6.07, 6.45) is -0.122. The van der Waals surface area contributed by atoms with E-state index >= 15 is 0 Å². The summed E-state index contributed by atoms with van der Waals surface area (Å²) < 4.78 is 82.5. The van der Waals surface area contributed by atoms with Crippen LogP contribution in [0.5, 0.6) is 0 Å². The Morgan fingerprint density at radius 1 is 1.05 bits per heavy atom. The first-order chi connectivity index (χ1) is 17.5. The van der Waals surface area contributed by atoms with Crippen LogP contribution in [0.1, 0.15) is 34.7 Å². The topological polar surface area (TPSA) is 138 Å². The maximum atomic E-state index is 14.3. The maximum Gasteiger partial charge on any atom is 0.244 e. The molecule has 1 aliphatic rings. The molecule has 4 aromatic rings. The number of para-hydroxylation sites is 2. The van der Waals surface area contributed by atoms with Gasteiger partial charge < -0.3 is 4.98 Å². The minimum Gasteiger partial charge on any atom is -0.341 e. The van der Waals surface area contributed by atoms with Crippen molar-refractivity contribution < 1.29 is 30.4 Å². The summed E-state index contributed by atoms with van der Waals surface area (Å²) in [7, 11) is -8.25. The molecule has 2 atom stereocenters. The van der Waals surface area contributed by atoms with Crippen molar-refractivity contribution in [1.82, 2.24) is 19.4 Å². The molecular weight excluding hydrogens is 526 g/mol. The number of benzene rings is 3. The average molecular weight is 547 g/mol. The lowest BCUT2D eigenvalue weighted by molar-refractivity contribution is -0.118. The molecule has 0 radical (unpaired) electrons. The molecule has 1 saturated heterocycles. The van der Waals surface area contributed by atoms with Crippen molar-refractivity contribution in [3.05, 3.63) is 95.3 Å². The third-order valence-corrected chi connectivity index (χ3v) is 9.22. The predicted molar refractivity (Wildman–Crippen MR) is 130 cm³/mol. The Morgan fingerprint density at radius 3 is 2.43 bits per heavy atom. The third kappa shape index (κ3) is 5.10. The van der Waals surface area contributed by atoms with E-state index in [9.17, 15) is 30.4 Å². The number of aromatic nitrogens is 2. The van der Waals surface area contributed by atoms with Gasteiger partial charge in [0.05, 0.1) is 23.5 Å². The van der Waals surface area contributed by atoms with E-state index in [1.807, 2.05) is 4.72 Å². The van der Waals surface area contributed by atoms with Crippen LogP contribution in [0.15, 0.2) is 71.6 Å². The predicted octanol–water partition coefficient (Wildman–Crippen LogP) is 2.99. The summed E-state index contributed by atoms with van der Waals surface area (Å²) >= 11 is 0. The number of nitrogens with zero attached hydrogens (tertiary/aromatic N) is 1. The van der Waals surface area contributed by atoms with Crippen molar-refractivity contribution in [3.63, 3.8) is 0 Å². The van der Waals surface area contributed by atoms with Crippen LogP contribution in [0, 0.1) is 11.6 Å². The van der Waals surface area contributed by atoms with Gasteiger partial charge in [0.15, 0.2) is 0 Å². The number of rotatable bonds is 7. The van der Waals surface area contributed by atoms with Gasteiger partial charge in [0, 0.05) is 6.07 Å². The van der Waals surface area contributed by atoms with E-state index in [2.05, 4.69) is 14.7 Å². The number of amides is 1. The van der Waals surface area contributed by atoms with E-state index in [1.54, 1.807) is 48.5 Å². The SMILES string of the molecule is O=C1CC(c2ccc(CC(NS(=O)(=O)c3ccc(F)cc3F)c3nc4ccccc4[nH]3)cc2)S(=O)(=O)N1. The standard InChI is InChI=1S/C24H20F2N4O5S2/c25-16-9-10-21(17(26)12-16)36(32,33)29-20(24-27-18-3-1-2-4-19(18)28-24)11-14-5-7-15(8-6-14)22-13-23(31)30-37(22,34)35/h1-10,12,20,22,29H,11,13H2,(H,27,28)(H,30,31). The zero-order chi connectivity index (χ0) is 26.4. The van der Waals surface area contributed by atoms with Gasteiger partial charge in [-0.1, -0.05) is 36.4 Å². The summed E-state index contributed by atoms with van der Waals surface area (Å²) in [4.78, 5) is 18.4. The lowest BCUT2D eigenvalue weighted by atomic mass is 10.0. The summed E-state index contributed by atoms with van der Waals surface area (Å²) in [5.74, 6) is -2.46. The molecule has 37 heavy (non-hydrogen) atoms. The van der Waals surface area contributed by atoms with Gasteiger partial charge >= 0.3 is 0 Å². The van der Waals surface area contributed by atoms with Crippen molar-refractivity contribution in [1.29, 1.82) is 0 Å². The van der Waals surface area contributed by atoms with Gasteiger partial charge in [-0.2, -0.15) is 0 Å². The average Bonchev–Trinajstić information content (AvgIpc) is 3.38. The largest absolute Gasteiger partial charge is 0.341 e. The van der Waals surface area contributed by atoms with E-state index in [4.69, 9.17) is 0 Å². The zero-order valence-corrected chi connectivity index (χ0v) is 20.6. The van der Waals surface area contributed by atoms with Crippen LogP contribution in [0.25, 0.3) is 11.0 Å². The highest BCUT2D eigenvalue weighted by Gasteiger charge is 2.37. The second kappa shape index (κ2) is 9.32. The molecule has 2 unspecified atom stereocenters. The molecule has 2 heterocycles. The van der Waals surface area contributed by atoms with Crippen molar-refractivity contribution >= 4 is 37.0 Å². The number of H-pyrrole nitrogens is 1. The van der Waals surface area contributed by atoms with Gasteiger partial charge in [0.25, 0.3) is 0 Å². The maximum absolute atomic E-state index is 14.3. The second-order valence-electron chi connectivity index (χ2n) is 8.60. The molecule has 0 bridgehead atoms. The minimum atomic E-state index is -4.43. The van der Waals surface area contributed by atoms with E-state index in [-0.39, 0.29) is 18.7 Å². The normalized spacial score (nSPS) is 18.1. The molecule has 5 rings (SSSR count). The highest BCUT2D eigenvalue weighted by atomic mass is 32.2. The van der Waals surface area contributed by atoms with Crippen LogP contribution >= 0.6 is 0 Å². The lowest BCUT2D eigenvalue weighted by Gasteiger charge is -2.18.